The smallest absolute Gasteiger partial charge is 0.263 e. The number of aliphatic imine (C=N–C) groups is 1. The summed E-state index contributed by atoms with van der Waals surface area (Å²) in [7, 11) is -3.60. The van der Waals surface area contributed by atoms with Crippen molar-refractivity contribution < 1.29 is 13.2 Å². The quantitative estimate of drug-likeness (QED) is 0.641. The molecule has 1 saturated heterocycles. The molecule has 0 aliphatic carbocycles. The molecule has 2 atom stereocenters. The summed E-state index contributed by atoms with van der Waals surface area (Å²) in [6, 6.07) is 6.09. The lowest BCUT2D eigenvalue weighted by atomic mass is 9.99. The Morgan fingerprint density at radius 3 is 2.75 bits per heavy atom. The second-order valence-electron chi connectivity index (χ2n) is 7.68. The molecule has 2 aliphatic heterocycles. The minimum atomic E-state index is -3.60. The van der Waals surface area contributed by atoms with E-state index in [2.05, 4.69) is 20.3 Å². The number of rotatable bonds is 6. The van der Waals surface area contributed by atoms with Crippen LogP contribution in [0.25, 0.3) is 0 Å². The van der Waals surface area contributed by atoms with Gasteiger partial charge in [-0.1, -0.05) is 26.0 Å². The molecule has 1 aromatic rings. The zero-order chi connectivity index (χ0) is 19.4. The molecule has 0 saturated carbocycles. The van der Waals surface area contributed by atoms with Gasteiger partial charge in [-0.15, -0.1) is 12.4 Å². The number of amides is 1. The minimum Gasteiger partial charge on any atom is -0.354 e. The van der Waals surface area contributed by atoms with Crippen LogP contribution in [0.5, 0.6) is 0 Å². The highest BCUT2D eigenvalue weighted by atomic mass is 35.5. The van der Waals surface area contributed by atoms with E-state index in [9.17, 15) is 13.2 Å². The molecule has 28 heavy (non-hydrogen) atoms. The van der Waals surface area contributed by atoms with E-state index in [1.807, 2.05) is 13.8 Å². The van der Waals surface area contributed by atoms with Crippen LogP contribution in [0.2, 0.25) is 0 Å². The third-order valence-electron chi connectivity index (χ3n) is 4.91. The van der Waals surface area contributed by atoms with Gasteiger partial charge in [0.05, 0.1) is 4.90 Å². The van der Waals surface area contributed by atoms with Gasteiger partial charge in [-0.05, 0) is 56.3 Å². The molecule has 1 aromatic carbocycles. The van der Waals surface area contributed by atoms with Gasteiger partial charge in [0.1, 0.15) is 11.9 Å². The summed E-state index contributed by atoms with van der Waals surface area (Å²) < 4.78 is 27.0. The molecule has 3 N–H and O–H groups in total. The highest BCUT2D eigenvalue weighted by molar-refractivity contribution is 7.90. The first-order chi connectivity index (χ1) is 12.9. The van der Waals surface area contributed by atoms with Crippen LogP contribution >= 0.6 is 12.4 Å². The van der Waals surface area contributed by atoms with Gasteiger partial charge >= 0.3 is 0 Å². The van der Waals surface area contributed by atoms with Crippen molar-refractivity contribution in [3.05, 3.63) is 29.8 Å². The number of piperidine rings is 1. The number of carbonyl (C=O) groups is 1. The average Bonchev–Trinajstić information content (AvgIpc) is 2.90. The number of nitrogens with one attached hydrogen (secondary N) is 3. The molecule has 156 valence electrons. The Balaban J connectivity index is 0.00000280. The van der Waals surface area contributed by atoms with Crippen molar-refractivity contribution in [1.29, 1.82) is 0 Å². The highest BCUT2D eigenvalue weighted by Crippen LogP contribution is 2.23. The molecule has 0 bridgehead atoms. The largest absolute Gasteiger partial charge is 0.354 e. The third-order valence-corrected chi connectivity index (χ3v) is 6.31. The Labute approximate surface area is 173 Å². The van der Waals surface area contributed by atoms with Crippen molar-refractivity contribution in [1.82, 2.24) is 15.4 Å². The van der Waals surface area contributed by atoms with Crippen LogP contribution in [-0.2, 0) is 14.8 Å². The Bertz CT molecular complexity index is 820. The van der Waals surface area contributed by atoms with E-state index < -0.39 is 16.1 Å². The zero-order valence-electron chi connectivity index (χ0n) is 16.3. The minimum absolute atomic E-state index is 0. The SMILES string of the molecule is CC(C)CC(N=C1NS(=O)(=O)c2ccccc21)C(=O)NCC1CCCNC1.Cl. The van der Waals surface area contributed by atoms with E-state index in [1.165, 1.54) is 0 Å². The number of fused-ring (bicyclic) bond motifs is 1. The molecular weight excluding hydrogens is 400 g/mol. The first-order valence-corrected chi connectivity index (χ1v) is 11.0. The van der Waals surface area contributed by atoms with Gasteiger partial charge in [-0.2, -0.15) is 0 Å². The van der Waals surface area contributed by atoms with Crippen molar-refractivity contribution in [3.63, 3.8) is 0 Å². The van der Waals surface area contributed by atoms with Gasteiger partial charge in [-0.3, -0.25) is 14.5 Å². The number of carbonyl (C=O) groups excluding carboxylic acids is 1. The Hall–Kier alpha value is -1.64. The molecular formula is C19H29ClN4O3S. The average molecular weight is 429 g/mol. The fourth-order valence-corrected chi connectivity index (χ4v) is 4.75. The van der Waals surface area contributed by atoms with Crippen molar-refractivity contribution in [2.45, 2.75) is 44.0 Å². The van der Waals surface area contributed by atoms with E-state index in [0.29, 0.717) is 24.4 Å². The Morgan fingerprint density at radius 2 is 2.07 bits per heavy atom. The van der Waals surface area contributed by atoms with Crippen LogP contribution in [0.15, 0.2) is 34.2 Å². The van der Waals surface area contributed by atoms with Crippen LogP contribution in [0.1, 0.15) is 38.7 Å². The number of nitrogens with zero attached hydrogens (tertiary/aromatic N) is 1. The number of hydrogen-bond acceptors (Lipinski definition) is 5. The van der Waals surface area contributed by atoms with E-state index in [0.717, 1.165) is 25.9 Å². The van der Waals surface area contributed by atoms with E-state index in [-0.39, 0.29) is 35.0 Å². The molecule has 2 heterocycles. The predicted molar refractivity (Wildman–Crippen MR) is 112 cm³/mol. The Kier molecular flexibility index (Phi) is 7.86. The van der Waals surface area contributed by atoms with Crippen molar-refractivity contribution in [2.75, 3.05) is 19.6 Å². The molecule has 7 nitrogen and oxygen atoms in total. The molecule has 0 radical (unpaired) electrons. The summed E-state index contributed by atoms with van der Waals surface area (Å²) in [4.78, 5) is 17.5. The molecule has 3 rings (SSSR count). The normalized spacial score (nSPS) is 22.8. The van der Waals surface area contributed by atoms with Gasteiger partial charge < -0.3 is 10.6 Å². The molecule has 2 unspecified atom stereocenters. The molecule has 1 amide bonds. The van der Waals surface area contributed by atoms with Crippen LogP contribution in [0.3, 0.4) is 0 Å². The molecule has 0 aromatic heterocycles. The van der Waals surface area contributed by atoms with Gasteiger partial charge in [0.25, 0.3) is 10.0 Å². The van der Waals surface area contributed by atoms with Crippen LogP contribution in [0.4, 0.5) is 0 Å². The zero-order valence-corrected chi connectivity index (χ0v) is 17.9. The fourth-order valence-electron chi connectivity index (χ4n) is 3.51. The summed E-state index contributed by atoms with van der Waals surface area (Å²) >= 11 is 0. The maximum atomic E-state index is 12.8. The van der Waals surface area contributed by atoms with Gasteiger partial charge in [0.2, 0.25) is 5.91 Å². The van der Waals surface area contributed by atoms with E-state index in [1.54, 1.807) is 24.3 Å². The maximum Gasteiger partial charge on any atom is 0.263 e. The Morgan fingerprint density at radius 1 is 1.32 bits per heavy atom. The highest BCUT2D eigenvalue weighted by Gasteiger charge is 2.32. The first-order valence-electron chi connectivity index (χ1n) is 9.55. The van der Waals surface area contributed by atoms with Crippen molar-refractivity contribution in [2.24, 2.45) is 16.8 Å². The second-order valence-corrected chi connectivity index (χ2v) is 9.33. The van der Waals surface area contributed by atoms with Crippen LogP contribution in [0, 0.1) is 11.8 Å². The van der Waals surface area contributed by atoms with Gasteiger partial charge in [0.15, 0.2) is 0 Å². The number of hydrogen-bond donors (Lipinski definition) is 3. The number of halogens is 1. The summed E-state index contributed by atoms with van der Waals surface area (Å²) in [6.07, 6.45) is 2.78. The number of sulfonamides is 1. The third kappa shape index (κ3) is 5.46. The van der Waals surface area contributed by atoms with Gasteiger partial charge in [0, 0.05) is 12.1 Å². The van der Waals surface area contributed by atoms with Crippen molar-refractivity contribution in [3.8, 4) is 0 Å². The molecule has 9 heteroatoms. The van der Waals surface area contributed by atoms with Crippen LogP contribution < -0.4 is 15.4 Å². The van der Waals surface area contributed by atoms with E-state index >= 15 is 0 Å². The molecule has 0 spiro atoms. The summed E-state index contributed by atoms with van der Waals surface area (Å²) in [5.74, 6) is 0.798. The van der Waals surface area contributed by atoms with E-state index in [4.69, 9.17) is 0 Å². The second kappa shape index (κ2) is 9.71. The molecule has 1 fully saturated rings. The number of benzene rings is 1. The number of amidine groups is 1. The summed E-state index contributed by atoms with van der Waals surface area (Å²) in [6.45, 7) is 6.62. The summed E-state index contributed by atoms with van der Waals surface area (Å²) in [5.41, 5.74) is 0.524. The lowest BCUT2D eigenvalue weighted by Gasteiger charge is -2.24. The van der Waals surface area contributed by atoms with Crippen LogP contribution in [-0.4, -0.2) is 45.8 Å². The standard InChI is InChI=1S/C19H28N4O3S.ClH/c1-13(2)10-16(19(24)21-12-14-6-5-9-20-11-14)22-18-15-7-3-4-8-17(15)27(25,26)23-18;/h3-4,7-8,13-14,16,20H,5-6,9-12H2,1-2H3,(H,21,24)(H,22,23);1H. The maximum absolute atomic E-state index is 12.8. The van der Waals surface area contributed by atoms with Crippen molar-refractivity contribution >= 4 is 34.2 Å². The lowest BCUT2D eigenvalue weighted by molar-refractivity contribution is -0.122. The fraction of sp³-hybridized carbons (Fsp3) is 0.579. The topological polar surface area (TPSA) is 99.7 Å². The summed E-state index contributed by atoms with van der Waals surface area (Å²) in [5, 5.41) is 6.36. The lowest BCUT2D eigenvalue weighted by Crippen LogP contribution is -2.42. The monoisotopic (exact) mass is 428 g/mol. The molecule has 2 aliphatic rings. The predicted octanol–water partition coefficient (Wildman–Crippen LogP) is 1.68. The van der Waals surface area contributed by atoms with Gasteiger partial charge in [-0.25, -0.2) is 8.42 Å². The first kappa shape index (κ1) is 22.6.